The third-order valence-corrected chi connectivity index (χ3v) is 3.24. The van der Waals surface area contributed by atoms with Gasteiger partial charge in [0.15, 0.2) is 0 Å². The highest BCUT2D eigenvalue weighted by Gasteiger charge is 2.10. The summed E-state index contributed by atoms with van der Waals surface area (Å²) in [5, 5.41) is 6.50. The topological polar surface area (TPSA) is 49.8 Å². The number of rotatable bonds is 5. The predicted molar refractivity (Wildman–Crippen MR) is 85.3 cm³/mol. The van der Waals surface area contributed by atoms with Crippen molar-refractivity contribution in [1.29, 1.82) is 0 Å². The van der Waals surface area contributed by atoms with Gasteiger partial charge in [0.25, 0.3) is 0 Å². The highest BCUT2D eigenvalue weighted by molar-refractivity contribution is 6.39. The monoisotopic (exact) mass is 328 g/mol. The van der Waals surface area contributed by atoms with Crippen LogP contribution < -0.4 is 10.6 Å². The number of halogens is 3. The predicted octanol–water partition coefficient (Wildman–Crippen LogP) is 4.80. The Kier molecular flexibility index (Phi) is 5.20. The summed E-state index contributed by atoms with van der Waals surface area (Å²) in [5.74, 6) is 0.574. The van der Waals surface area contributed by atoms with Crippen LogP contribution in [0.4, 0.5) is 21.8 Å². The normalized spacial score (nSPS) is 10.5. The molecule has 0 bridgehead atoms. The van der Waals surface area contributed by atoms with Crippen LogP contribution in [0, 0.1) is 12.7 Å². The van der Waals surface area contributed by atoms with Crippen LogP contribution in [-0.2, 0) is 0 Å². The lowest BCUT2D eigenvalue weighted by Gasteiger charge is -2.12. The molecule has 1 aromatic heterocycles. The molecule has 1 aromatic carbocycles. The fraction of sp³-hybridized carbons (Fsp3) is 0.286. The molecule has 112 valence electrons. The van der Waals surface area contributed by atoms with Crippen LogP contribution in [0.3, 0.4) is 0 Å². The molecule has 2 rings (SSSR count). The van der Waals surface area contributed by atoms with Gasteiger partial charge in [-0.25, -0.2) is 9.37 Å². The van der Waals surface area contributed by atoms with Crippen molar-refractivity contribution in [3.63, 3.8) is 0 Å². The summed E-state index contributed by atoms with van der Waals surface area (Å²) < 4.78 is 13.2. The molecule has 0 spiro atoms. The van der Waals surface area contributed by atoms with Gasteiger partial charge in [0.05, 0.1) is 15.7 Å². The first-order valence-corrected chi connectivity index (χ1v) is 7.26. The number of aromatic nitrogens is 2. The summed E-state index contributed by atoms with van der Waals surface area (Å²) in [7, 11) is 0. The summed E-state index contributed by atoms with van der Waals surface area (Å²) in [5.41, 5.74) is 1.21. The zero-order chi connectivity index (χ0) is 15.4. The van der Waals surface area contributed by atoms with E-state index < -0.39 is 5.82 Å². The molecule has 0 unspecified atom stereocenters. The van der Waals surface area contributed by atoms with Crippen molar-refractivity contribution in [2.45, 2.75) is 20.3 Å². The fourth-order valence-corrected chi connectivity index (χ4v) is 2.29. The number of hydrogen-bond donors (Lipinski definition) is 2. The van der Waals surface area contributed by atoms with Gasteiger partial charge < -0.3 is 10.6 Å². The molecule has 21 heavy (non-hydrogen) atoms. The Balaban J connectivity index is 2.29. The van der Waals surface area contributed by atoms with Gasteiger partial charge in [-0.15, -0.1) is 0 Å². The van der Waals surface area contributed by atoms with Crippen LogP contribution in [0.25, 0.3) is 0 Å². The van der Waals surface area contributed by atoms with Gasteiger partial charge >= 0.3 is 0 Å². The quantitative estimate of drug-likeness (QED) is 0.827. The highest BCUT2D eigenvalue weighted by Crippen LogP contribution is 2.33. The number of nitrogens with zero attached hydrogens (tertiary/aromatic N) is 2. The Bertz CT molecular complexity index is 626. The van der Waals surface area contributed by atoms with Gasteiger partial charge in [-0.2, -0.15) is 4.98 Å². The minimum atomic E-state index is -0.486. The first kappa shape index (κ1) is 15.8. The summed E-state index contributed by atoms with van der Waals surface area (Å²) in [6.07, 6.45) is 0.968. The standard InChI is InChI=1S/C14H15Cl2FN4/c1-3-4-18-14-19-8(2)5-12(21-14)20-13-10(15)6-9(17)7-11(13)16/h5-7H,3-4H2,1-2H3,(H2,18,19,20,21). The zero-order valence-electron chi connectivity index (χ0n) is 11.7. The summed E-state index contributed by atoms with van der Waals surface area (Å²) in [4.78, 5) is 8.61. The summed E-state index contributed by atoms with van der Waals surface area (Å²) in [6, 6.07) is 4.15. The number of benzene rings is 1. The molecule has 0 atom stereocenters. The van der Waals surface area contributed by atoms with Crippen molar-refractivity contribution in [3.05, 3.63) is 39.8 Å². The van der Waals surface area contributed by atoms with E-state index in [1.807, 2.05) is 6.92 Å². The second kappa shape index (κ2) is 6.91. The number of anilines is 3. The zero-order valence-corrected chi connectivity index (χ0v) is 13.2. The molecule has 0 radical (unpaired) electrons. The molecule has 0 saturated heterocycles. The Morgan fingerprint density at radius 2 is 1.81 bits per heavy atom. The van der Waals surface area contributed by atoms with Gasteiger partial charge in [-0.1, -0.05) is 30.1 Å². The van der Waals surface area contributed by atoms with Gasteiger partial charge in [0.1, 0.15) is 11.6 Å². The van der Waals surface area contributed by atoms with Crippen LogP contribution in [0.2, 0.25) is 10.0 Å². The maximum Gasteiger partial charge on any atom is 0.224 e. The van der Waals surface area contributed by atoms with Crippen molar-refractivity contribution < 1.29 is 4.39 Å². The van der Waals surface area contributed by atoms with Crippen LogP contribution >= 0.6 is 23.2 Å². The Labute approximate surface area is 132 Å². The van der Waals surface area contributed by atoms with E-state index >= 15 is 0 Å². The molecule has 2 aromatic rings. The number of aryl methyl sites for hydroxylation is 1. The summed E-state index contributed by atoms with van der Waals surface area (Å²) >= 11 is 12.0. The van der Waals surface area contributed by atoms with E-state index in [0.29, 0.717) is 17.5 Å². The molecular formula is C14H15Cl2FN4. The third kappa shape index (κ3) is 4.19. The molecule has 2 N–H and O–H groups in total. The van der Waals surface area contributed by atoms with Gasteiger partial charge in [0.2, 0.25) is 5.95 Å². The van der Waals surface area contributed by atoms with Crippen molar-refractivity contribution in [2.24, 2.45) is 0 Å². The average Bonchev–Trinajstić information content (AvgIpc) is 2.40. The first-order chi connectivity index (χ1) is 9.99. The Hall–Kier alpha value is -1.59. The second-order valence-corrected chi connectivity index (χ2v) is 5.33. The van der Waals surface area contributed by atoms with Crippen LogP contribution in [0.1, 0.15) is 19.0 Å². The molecule has 7 heteroatoms. The van der Waals surface area contributed by atoms with Crippen molar-refractivity contribution >= 4 is 40.7 Å². The maximum absolute atomic E-state index is 13.2. The molecule has 4 nitrogen and oxygen atoms in total. The van der Waals surface area contributed by atoms with E-state index in [1.165, 1.54) is 12.1 Å². The largest absolute Gasteiger partial charge is 0.354 e. The maximum atomic E-state index is 13.2. The lowest BCUT2D eigenvalue weighted by molar-refractivity contribution is 0.628. The SMILES string of the molecule is CCCNc1nc(C)cc(Nc2c(Cl)cc(F)cc2Cl)n1. The minimum Gasteiger partial charge on any atom is -0.354 e. The van der Waals surface area contributed by atoms with E-state index in [1.54, 1.807) is 6.07 Å². The van der Waals surface area contributed by atoms with Crippen molar-refractivity contribution in [2.75, 3.05) is 17.2 Å². The van der Waals surface area contributed by atoms with Gasteiger partial charge in [-0.3, -0.25) is 0 Å². The van der Waals surface area contributed by atoms with E-state index in [9.17, 15) is 4.39 Å². The van der Waals surface area contributed by atoms with Crippen molar-refractivity contribution in [3.8, 4) is 0 Å². The van der Waals surface area contributed by atoms with Gasteiger partial charge in [-0.05, 0) is 25.5 Å². The lowest BCUT2D eigenvalue weighted by atomic mass is 10.3. The average molecular weight is 329 g/mol. The third-order valence-electron chi connectivity index (χ3n) is 2.65. The van der Waals surface area contributed by atoms with E-state index in [2.05, 4.69) is 27.5 Å². The van der Waals surface area contributed by atoms with Gasteiger partial charge in [0, 0.05) is 18.3 Å². The molecular weight excluding hydrogens is 314 g/mol. The molecule has 0 aliphatic heterocycles. The van der Waals surface area contributed by atoms with Crippen molar-refractivity contribution in [1.82, 2.24) is 9.97 Å². The molecule has 0 fully saturated rings. The Morgan fingerprint density at radius 3 is 2.43 bits per heavy atom. The van der Waals surface area contributed by atoms with Crippen LogP contribution in [0.5, 0.6) is 0 Å². The molecule has 0 saturated carbocycles. The molecule has 0 aliphatic carbocycles. The first-order valence-electron chi connectivity index (χ1n) is 6.50. The number of nitrogens with one attached hydrogen (secondary N) is 2. The van der Waals surface area contributed by atoms with E-state index in [-0.39, 0.29) is 10.0 Å². The smallest absolute Gasteiger partial charge is 0.224 e. The van der Waals surface area contributed by atoms with Crippen LogP contribution in [-0.4, -0.2) is 16.5 Å². The summed E-state index contributed by atoms with van der Waals surface area (Å²) in [6.45, 7) is 4.69. The Morgan fingerprint density at radius 1 is 1.14 bits per heavy atom. The molecule has 0 aliphatic rings. The fourth-order valence-electron chi connectivity index (χ4n) is 1.74. The van der Waals surface area contributed by atoms with Crippen LogP contribution in [0.15, 0.2) is 18.2 Å². The highest BCUT2D eigenvalue weighted by atomic mass is 35.5. The second-order valence-electron chi connectivity index (χ2n) is 4.51. The number of hydrogen-bond acceptors (Lipinski definition) is 4. The molecule has 0 amide bonds. The minimum absolute atomic E-state index is 0.194. The van der Waals surface area contributed by atoms with E-state index in [0.717, 1.165) is 18.7 Å². The lowest BCUT2D eigenvalue weighted by Crippen LogP contribution is -2.07. The molecule has 1 heterocycles. The van der Waals surface area contributed by atoms with E-state index in [4.69, 9.17) is 23.2 Å².